The van der Waals surface area contributed by atoms with Crippen LogP contribution in [-0.4, -0.2) is 18.9 Å². The van der Waals surface area contributed by atoms with Crippen molar-refractivity contribution in [3.8, 4) is 28.3 Å². The quantitative estimate of drug-likeness (QED) is 0.182. The molecule has 55 heavy (non-hydrogen) atoms. The van der Waals surface area contributed by atoms with Crippen LogP contribution in [0.4, 0.5) is 0 Å². The van der Waals surface area contributed by atoms with Crippen molar-refractivity contribution in [1.82, 2.24) is 18.9 Å². The fourth-order valence-electron chi connectivity index (χ4n) is 9.29. The molecule has 0 saturated heterocycles. The van der Waals surface area contributed by atoms with Gasteiger partial charge in [0.15, 0.2) is 11.6 Å². The van der Waals surface area contributed by atoms with Gasteiger partial charge in [0.2, 0.25) is 0 Å². The van der Waals surface area contributed by atoms with E-state index in [1.807, 2.05) is 0 Å². The summed E-state index contributed by atoms with van der Waals surface area (Å²) in [5.74, 6) is 1.63. The molecule has 0 amide bonds. The van der Waals surface area contributed by atoms with Crippen molar-refractivity contribution in [2.45, 2.75) is 0 Å². The third-order valence-electron chi connectivity index (χ3n) is 11.7. The molecule has 0 aliphatic heterocycles. The maximum Gasteiger partial charge on any atom is 0.162 e. The van der Waals surface area contributed by atoms with Crippen LogP contribution in [0.15, 0.2) is 170 Å². The highest BCUT2D eigenvalue weighted by Crippen LogP contribution is 2.49. The lowest BCUT2D eigenvalue weighted by atomic mass is 10.00. The van der Waals surface area contributed by atoms with Gasteiger partial charge in [0.1, 0.15) is 0 Å². The second-order valence-electron chi connectivity index (χ2n) is 14.5. The van der Waals surface area contributed by atoms with Gasteiger partial charge in [-0.1, -0.05) is 146 Å². The number of nitrogens with zero attached hydrogens (tertiary/aromatic N) is 4. The molecule has 0 radical (unpaired) electrons. The minimum Gasteiger partial charge on any atom is -0.307 e. The highest BCUT2D eigenvalue weighted by atomic mass is 32.1. The van der Waals surface area contributed by atoms with Crippen molar-refractivity contribution in [3.05, 3.63) is 170 Å². The third-order valence-corrected chi connectivity index (χ3v) is 12.8. The van der Waals surface area contributed by atoms with Crippen molar-refractivity contribution < 1.29 is 0 Å². The lowest BCUT2D eigenvalue weighted by molar-refractivity contribution is 1.08. The summed E-state index contributed by atoms with van der Waals surface area (Å²) in [6, 6.07) is 61.4. The lowest BCUT2D eigenvalue weighted by Gasteiger charge is -2.11. The van der Waals surface area contributed by atoms with E-state index in [0.717, 1.165) is 43.8 Å². The topological polar surface area (TPSA) is 35.1 Å². The number of para-hydroxylation sites is 2. The van der Waals surface area contributed by atoms with E-state index in [2.05, 4.69) is 179 Å². The average molecular weight is 717 g/mol. The highest BCUT2D eigenvalue weighted by Gasteiger charge is 2.27. The Hall–Kier alpha value is -7.08. The molecule has 0 spiro atoms. The Morgan fingerprint density at radius 3 is 1.95 bits per heavy atom. The summed E-state index contributed by atoms with van der Waals surface area (Å²) in [6.07, 6.45) is 0. The number of aromatic nitrogens is 4. The van der Waals surface area contributed by atoms with Gasteiger partial charge < -0.3 is 4.40 Å². The molecule has 5 heterocycles. The van der Waals surface area contributed by atoms with Crippen molar-refractivity contribution in [1.29, 1.82) is 0 Å². The van der Waals surface area contributed by atoms with Gasteiger partial charge in [-0.05, 0) is 40.8 Å². The molecule has 0 unspecified atom stereocenters. The SMILES string of the molecule is c1ccc(-c2ccc(-c3nc(-n4c5ccccc5c5c6c7ccc8ccccc8c7n7c8ccccc8c(cc54)c67)c4sc5ccccc5c4n3)cc2)cc1. The number of rotatable bonds is 3. The summed E-state index contributed by atoms with van der Waals surface area (Å²) in [5, 5.41) is 11.2. The minimum atomic E-state index is 0.718. The highest BCUT2D eigenvalue weighted by molar-refractivity contribution is 7.26. The molecular weight excluding hydrogens is 689 g/mol. The molecule has 0 N–H and O–H groups in total. The molecule has 13 rings (SSSR count). The van der Waals surface area contributed by atoms with Crippen LogP contribution in [0.5, 0.6) is 0 Å². The lowest BCUT2D eigenvalue weighted by Crippen LogP contribution is -2.01. The Kier molecular flexibility index (Phi) is 5.74. The number of thiophene rings is 1. The van der Waals surface area contributed by atoms with Crippen LogP contribution in [0.2, 0.25) is 0 Å². The van der Waals surface area contributed by atoms with Gasteiger partial charge >= 0.3 is 0 Å². The van der Waals surface area contributed by atoms with E-state index in [4.69, 9.17) is 9.97 Å². The fourth-order valence-corrected chi connectivity index (χ4v) is 10.4. The Labute approximate surface area is 318 Å². The zero-order chi connectivity index (χ0) is 35.8. The second-order valence-corrected chi connectivity index (χ2v) is 15.6. The second kappa shape index (κ2) is 10.8. The van der Waals surface area contributed by atoms with Crippen molar-refractivity contribution in [2.75, 3.05) is 0 Å². The monoisotopic (exact) mass is 716 g/mol. The fraction of sp³-hybridized carbons (Fsp3) is 0. The van der Waals surface area contributed by atoms with Crippen LogP contribution in [0.25, 0.3) is 119 Å². The van der Waals surface area contributed by atoms with Crippen molar-refractivity contribution >= 4 is 102 Å². The molecule has 0 saturated carbocycles. The first-order chi connectivity index (χ1) is 27.3. The van der Waals surface area contributed by atoms with Gasteiger partial charge in [-0.25, -0.2) is 9.97 Å². The van der Waals surface area contributed by atoms with Crippen LogP contribution in [0, 0.1) is 0 Å². The minimum absolute atomic E-state index is 0.718. The first-order valence-corrected chi connectivity index (χ1v) is 19.5. The summed E-state index contributed by atoms with van der Waals surface area (Å²) < 4.78 is 7.23. The summed E-state index contributed by atoms with van der Waals surface area (Å²) >= 11 is 1.78. The zero-order valence-corrected chi connectivity index (χ0v) is 30.2. The number of benzene rings is 8. The predicted octanol–water partition coefficient (Wildman–Crippen LogP) is 13.6. The number of fused-ring (bicyclic) bond motifs is 15. The molecule has 5 heteroatoms. The average Bonchev–Trinajstić information content (AvgIpc) is 3.99. The third kappa shape index (κ3) is 3.89. The Morgan fingerprint density at radius 1 is 0.418 bits per heavy atom. The molecule has 13 aromatic rings. The van der Waals surface area contributed by atoms with E-state index >= 15 is 0 Å². The molecule has 0 fully saturated rings. The smallest absolute Gasteiger partial charge is 0.162 e. The number of hydrogen-bond acceptors (Lipinski definition) is 3. The van der Waals surface area contributed by atoms with Crippen LogP contribution < -0.4 is 0 Å². The molecule has 254 valence electrons. The predicted molar refractivity (Wildman–Crippen MR) is 232 cm³/mol. The van der Waals surface area contributed by atoms with E-state index in [0.29, 0.717) is 0 Å². The van der Waals surface area contributed by atoms with Gasteiger partial charge in [0.05, 0.1) is 37.8 Å². The molecule has 5 aromatic heterocycles. The van der Waals surface area contributed by atoms with Crippen LogP contribution in [-0.2, 0) is 0 Å². The van der Waals surface area contributed by atoms with Gasteiger partial charge in [-0.3, -0.25) is 4.57 Å². The molecule has 0 atom stereocenters. The molecule has 8 aromatic carbocycles. The molecule has 0 aliphatic rings. The Morgan fingerprint density at radius 2 is 1.09 bits per heavy atom. The molecule has 4 nitrogen and oxygen atoms in total. The first-order valence-electron chi connectivity index (χ1n) is 18.7. The zero-order valence-electron chi connectivity index (χ0n) is 29.4. The standard InChI is InChI=1S/C50H28N4S/c1-2-12-29(13-3-1)30-22-24-32(25-23-30)49-51-45-36-18-8-11-21-42(36)55-48(45)50(52-49)53-40-20-10-7-17-35(40)43-41(53)28-38-34-16-6-9-19-39(34)54-46-33-15-5-4-14-31(33)26-27-37(46)44(43)47(38)54/h1-28H. The van der Waals surface area contributed by atoms with Crippen LogP contribution in [0.3, 0.4) is 0 Å². The van der Waals surface area contributed by atoms with Crippen molar-refractivity contribution in [2.24, 2.45) is 0 Å². The summed E-state index contributed by atoms with van der Waals surface area (Å²) in [4.78, 5) is 10.9. The maximum atomic E-state index is 5.55. The van der Waals surface area contributed by atoms with E-state index in [1.165, 1.54) is 75.5 Å². The van der Waals surface area contributed by atoms with E-state index in [1.54, 1.807) is 11.3 Å². The summed E-state index contributed by atoms with van der Waals surface area (Å²) in [6.45, 7) is 0. The Balaban J connectivity index is 1.20. The molecule has 0 aliphatic carbocycles. The largest absolute Gasteiger partial charge is 0.307 e. The van der Waals surface area contributed by atoms with E-state index in [9.17, 15) is 0 Å². The first kappa shape index (κ1) is 29.4. The van der Waals surface area contributed by atoms with Gasteiger partial charge in [0.25, 0.3) is 0 Å². The van der Waals surface area contributed by atoms with Gasteiger partial charge in [-0.2, -0.15) is 0 Å². The van der Waals surface area contributed by atoms with Gasteiger partial charge in [0, 0.05) is 53.4 Å². The van der Waals surface area contributed by atoms with Gasteiger partial charge in [-0.15, -0.1) is 11.3 Å². The van der Waals surface area contributed by atoms with Crippen molar-refractivity contribution in [3.63, 3.8) is 0 Å². The van der Waals surface area contributed by atoms with Crippen LogP contribution in [0.1, 0.15) is 0 Å². The maximum absolute atomic E-state index is 5.55. The van der Waals surface area contributed by atoms with Crippen LogP contribution >= 0.6 is 11.3 Å². The van der Waals surface area contributed by atoms with E-state index < -0.39 is 0 Å². The Bertz CT molecular complexity index is 3700. The molecular formula is C50H28N4S. The normalized spacial score (nSPS) is 12.4. The number of hydrogen-bond donors (Lipinski definition) is 0. The summed E-state index contributed by atoms with van der Waals surface area (Å²) in [5.41, 5.74) is 10.4. The van der Waals surface area contributed by atoms with E-state index in [-0.39, 0.29) is 0 Å². The molecule has 0 bridgehead atoms. The summed E-state index contributed by atoms with van der Waals surface area (Å²) in [7, 11) is 0.